The molecule has 3 heterocycles. The number of methoxy groups -OCH3 is 1. The molecule has 0 radical (unpaired) electrons. The largest absolute Gasteiger partial charge is 0.481 e. The fourth-order valence-electron chi connectivity index (χ4n) is 4.34. The Kier molecular flexibility index (Phi) is 5.22. The van der Waals surface area contributed by atoms with Crippen LogP contribution in [0.15, 0.2) is 18.3 Å². The van der Waals surface area contributed by atoms with Crippen molar-refractivity contribution in [2.24, 2.45) is 5.41 Å². The lowest BCUT2D eigenvalue weighted by atomic mass is 9.72. The van der Waals surface area contributed by atoms with Gasteiger partial charge < -0.3 is 9.64 Å². The quantitative estimate of drug-likeness (QED) is 0.853. The number of piperidine rings is 2. The van der Waals surface area contributed by atoms with Crippen molar-refractivity contribution in [2.45, 2.75) is 52.1 Å². The van der Waals surface area contributed by atoms with Crippen molar-refractivity contribution in [3.63, 3.8) is 0 Å². The third-order valence-electron chi connectivity index (χ3n) is 5.77. The normalized spacial score (nSPS) is 22.6. The molecule has 0 amide bonds. The maximum atomic E-state index is 5.42. The van der Waals surface area contributed by atoms with Gasteiger partial charge in [-0.1, -0.05) is 6.07 Å². The van der Waals surface area contributed by atoms with E-state index in [4.69, 9.17) is 4.74 Å². The van der Waals surface area contributed by atoms with Crippen LogP contribution in [0.2, 0.25) is 0 Å². The molecule has 128 valence electrons. The van der Waals surface area contributed by atoms with Gasteiger partial charge >= 0.3 is 0 Å². The number of aromatic nitrogens is 1. The fraction of sp³-hybridized carbons (Fsp3) is 0.737. The molecule has 0 atom stereocenters. The fourth-order valence-corrected chi connectivity index (χ4v) is 4.34. The topological polar surface area (TPSA) is 28.6 Å². The predicted octanol–water partition coefficient (Wildman–Crippen LogP) is 3.18. The molecule has 2 fully saturated rings. The van der Waals surface area contributed by atoms with Crippen LogP contribution in [-0.2, 0) is 6.54 Å². The molecule has 2 aliphatic heterocycles. The summed E-state index contributed by atoms with van der Waals surface area (Å²) < 4.78 is 5.42. The van der Waals surface area contributed by atoms with Crippen LogP contribution in [0.25, 0.3) is 0 Å². The third-order valence-corrected chi connectivity index (χ3v) is 5.77. The highest BCUT2D eigenvalue weighted by atomic mass is 16.5. The lowest BCUT2D eigenvalue weighted by molar-refractivity contribution is 0.0121. The average Bonchev–Trinajstić information content (AvgIpc) is 2.56. The van der Waals surface area contributed by atoms with E-state index in [-0.39, 0.29) is 0 Å². The van der Waals surface area contributed by atoms with Gasteiger partial charge in [0.1, 0.15) is 0 Å². The van der Waals surface area contributed by atoms with E-state index >= 15 is 0 Å². The van der Waals surface area contributed by atoms with Gasteiger partial charge in [-0.25, -0.2) is 4.98 Å². The molecule has 0 N–H and O–H groups in total. The van der Waals surface area contributed by atoms with Gasteiger partial charge in [0.2, 0.25) is 5.88 Å². The molecule has 1 aromatic heterocycles. The Bertz CT molecular complexity index is 509. The minimum Gasteiger partial charge on any atom is -0.481 e. The summed E-state index contributed by atoms with van der Waals surface area (Å²) in [4.78, 5) is 9.59. The second kappa shape index (κ2) is 7.18. The van der Waals surface area contributed by atoms with Gasteiger partial charge in [-0.2, -0.15) is 0 Å². The molecule has 1 spiro atoms. The maximum absolute atomic E-state index is 5.42. The molecule has 0 saturated carbocycles. The van der Waals surface area contributed by atoms with E-state index in [0.717, 1.165) is 12.4 Å². The van der Waals surface area contributed by atoms with Crippen LogP contribution in [-0.4, -0.2) is 54.1 Å². The van der Waals surface area contributed by atoms with E-state index in [1.54, 1.807) is 7.11 Å². The molecule has 3 rings (SSSR count). The monoisotopic (exact) mass is 317 g/mol. The smallest absolute Gasteiger partial charge is 0.217 e. The van der Waals surface area contributed by atoms with Crippen LogP contribution in [0.1, 0.15) is 45.1 Å². The number of nitrogens with zero attached hydrogens (tertiary/aromatic N) is 3. The first-order chi connectivity index (χ1) is 11.1. The lowest BCUT2D eigenvalue weighted by Gasteiger charge is -2.48. The molecule has 0 aromatic carbocycles. The van der Waals surface area contributed by atoms with E-state index in [1.807, 2.05) is 12.3 Å². The van der Waals surface area contributed by atoms with Gasteiger partial charge in [-0.05, 0) is 70.6 Å². The summed E-state index contributed by atoms with van der Waals surface area (Å²) in [5.41, 5.74) is 1.76. The van der Waals surface area contributed by atoms with Crippen LogP contribution >= 0.6 is 0 Å². The molecule has 2 saturated heterocycles. The van der Waals surface area contributed by atoms with Crippen molar-refractivity contribution in [1.82, 2.24) is 14.8 Å². The summed E-state index contributed by atoms with van der Waals surface area (Å²) >= 11 is 0. The first-order valence-corrected chi connectivity index (χ1v) is 9.06. The van der Waals surface area contributed by atoms with E-state index < -0.39 is 0 Å². The second-order valence-electron chi connectivity index (χ2n) is 7.62. The Morgan fingerprint density at radius 2 is 2.00 bits per heavy atom. The van der Waals surface area contributed by atoms with Crippen molar-refractivity contribution < 1.29 is 4.74 Å². The molecule has 4 heteroatoms. The van der Waals surface area contributed by atoms with Gasteiger partial charge in [-0.3, -0.25) is 4.90 Å². The van der Waals surface area contributed by atoms with Crippen molar-refractivity contribution in [3.05, 3.63) is 23.9 Å². The zero-order valence-corrected chi connectivity index (χ0v) is 14.9. The zero-order chi connectivity index (χ0) is 16.3. The molecule has 0 bridgehead atoms. The van der Waals surface area contributed by atoms with Crippen molar-refractivity contribution in [3.8, 4) is 5.88 Å². The first-order valence-electron chi connectivity index (χ1n) is 9.06. The minimum atomic E-state index is 0.541. The Morgan fingerprint density at radius 3 is 2.70 bits per heavy atom. The molecular weight excluding hydrogens is 286 g/mol. The van der Waals surface area contributed by atoms with Gasteiger partial charge in [0, 0.05) is 30.9 Å². The SMILES string of the molecule is COc1ncccc1CN1CCCC2(CCN(C(C)C)CC2)C1. The standard InChI is InChI=1S/C19H31N3O/c1-16(2)22-12-8-19(9-13-22)7-5-11-21(15-19)14-17-6-4-10-20-18(17)23-3/h4,6,10,16H,5,7-9,11-15H2,1-3H3. The predicted molar refractivity (Wildman–Crippen MR) is 93.7 cm³/mol. The van der Waals surface area contributed by atoms with Crippen LogP contribution in [0.4, 0.5) is 0 Å². The molecule has 4 nitrogen and oxygen atoms in total. The van der Waals surface area contributed by atoms with Crippen LogP contribution in [0.3, 0.4) is 0 Å². The summed E-state index contributed by atoms with van der Waals surface area (Å²) in [6.07, 6.45) is 7.24. The summed E-state index contributed by atoms with van der Waals surface area (Å²) in [5, 5.41) is 0. The van der Waals surface area contributed by atoms with Crippen LogP contribution in [0, 0.1) is 5.41 Å². The van der Waals surface area contributed by atoms with E-state index in [9.17, 15) is 0 Å². The number of pyridine rings is 1. The molecular formula is C19H31N3O. The molecule has 0 unspecified atom stereocenters. The summed E-state index contributed by atoms with van der Waals surface area (Å²) in [7, 11) is 1.71. The van der Waals surface area contributed by atoms with Crippen molar-refractivity contribution in [2.75, 3.05) is 33.3 Å². The number of rotatable bonds is 4. The number of hydrogen-bond donors (Lipinski definition) is 0. The molecule has 1 aromatic rings. The second-order valence-corrected chi connectivity index (χ2v) is 7.62. The zero-order valence-electron chi connectivity index (χ0n) is 14.9. The Hall–Kier alpha value is -1.13. The highest BCUT2D eigenvalue weighted by Gasteiger charge is 2.38. The summed E-state index contributed by atoms with van der Waals surface area (Å²) in [5.74, 6) is 0.779. The van der Waals surface area contributed by atoms with E-state index in [2.05, 4.69) is 34.7 Å². The van der Waals surface area contributed by atoms with E-state index in [0.29, 0.717) is 11.5 Å². The van der Waals surface area contributed by atoms with Crippen molar-refractivity contribution >= 4 is 0 Å². The Morgan fingerprint density at radius 1 is 1.22 bits per heavy atom. The number of hydrogen-bond acceptors (Lipinski definition) is 4. The molecule has 2 aliphatic rings. The minimum absolute atomic E-state index is 0.541. The van der Waals surface area contributed by atoms with E-state index in [1.165, 1.54) is 57.4 Å². The number of likely N-dealkylation sites (tertiary alicyclic amines) is 2. The lowest BCUT2D eigenvalue weighted by Crippen LogP contribution is -2.50. The van der Waals surface area contributed by atoms with Gasteiger partial charge in [0.25, 0.3) is 0 Å². The molecule has 0 aliphatic carbocycles. The first kappa shape index (κ1) is 16.7. The van der Waals surface area contributed by atoms with Crippen LogP contribution in [0.5, 0.6) is 5.88 Å². The third kappa shape index (κ3) is 3.86. The summed E-state index contributed by atoms with van der Waals surface area (Å²) in [6, 6.07) is 4.85. The van der Waals surface area contributed by atoms with Gasteiger partial charge in [0.15, 0.2) is 0 Å². The van der Waals surface area contributed by atoms with Gasteiger partial charge in [0.05, 0.1) is 7.11 Å². The van der Waals surface area contributed by atoms with Gasteiger partial charge in [-0.15, -0.1) is 0 Å². The molecule has 23 heavy (non-hydrogen) atoms. The number of ether oxygens (including phenoxy) is 1. The summed E-state index contributed by atoms with van der Waals surface area (Å²) in [6.45, 7) is 10.6. The average molecular weight is 317 g/mol. The highest BCUT2D eigenvalue weighted by molar-refractivity contribution is 5.25. The van der Waals surface area contributed by atoms with Crippen LogP contribution < -0.4 is 4.74 Å². The highest BCUT2D eigenvalue weighted by Crippen LogP contribution is 2.40. The Labute approximate surface area is 140 Å². The maximum Gasteiger partial charge on any atom is 0.217 e. The Balaban J connectivity index is 1.63. The van der Waals surface area contributed by atoms with Crippen molar-refractivity contribution in [1.29, 1.82) is 0 Å².